The van der Waals surface area contributed by atoms with E-state index in [1.807, 2.05) is 5.32 Å². The van der Waals surface area contributed by atoms with E-state index in [4.69, 9.17) is 0 Å². The molecule has 0 unspecified atom stereocenters. The van der Waals surface area contributed by atoms with Gasteiger partial charge in [-0.25, -0.2) is 18.6 Å². The molecule has 1 aliphatic rings. The van der Waals surface area contributed by atoms with Crippen LogP contribution in [0.1, 0.15) is 33.7 Å². The van der Waals surface area contributed by atoms with Gasteiger partial charge in [-0.3, -0.25) is 4.79 Å². The highest BCUT2D eigenvalue weighted by Gasteiger charge is 2.40. The first kappa shape index (κ1) is 25.2. The number of anilines is 1. The van der Waals surface area contributed by atoms with Gasteiger partial charge in [0.15, 0.2) is 0 Å². The Morgan fingerprint density at radius 3 is 2.42 bits per heavy atom. The first-order valence-corrected chi connectivity index (χ1v) is 11.4. The Morgan fingerprint density at radius 2 is 1.79 bits per heavy atom. The number of alkyl halides is 3. The number of carbonyl (C=O) groups excluding carboxylic acids is 1. The normalized spacial score (nSPS) is 13.1. The number of carbonyl (C=O) groups is 2. The molecule has 3 heterocycles. The van der Waals surface area contributed by atoms with E-state index in [9.17, 15) is 41.8 Å². The summed E-state index contributed by atoms with van der Waals surface area (Å²) in [5.41, 5.74) is 0.214. The zero-order valence-corrected chi connectivity index (χ0v) is 19.4. The van der Waals surface area contributed by atoms with Crippen molar-refractivity contribution in [2.75, 3.05) is 5.32 Å². The Hall–Kier alpha value is -4.48. The molecule has 1 amide bonds. The van der Waals surface area contributed by atoms with Gasteiger partial charge in [0.25, 0.3) is 0 Å². The number of nitrogens with zero attached hydrogens (tertiary/aromatic N) is 2. The fourth-order valence-corrected chi connectivity index (χ4v) is 4.71. The number of aromatic hydroxyl groups is 1. The van der Waals surface area contributed by atoms with Gasteiger partial charge < -0.3 is 20.1 Å². The lowest BCUT2D eigenvalue weighted by molar-refractivity contribution is -0.167. The van der Waals surface area contributed by atoms with Gasteiger partial charge in [0, 0.05) is 30.3 Å². The van der Waals surface area contributed by atoms with Crippen molar-refractivity contribution in [3.05, 3.63) is 76.6 Å². The highest BCUT2D eigenvalue weighted by atomic mass is 19.4. The standard InChI is InChI=1S/C26H18F5N3O4/c27-15-8-7-14(16(28)11-15)10-17-21(33-25(38)26(29,30)31)19(12-3-5-13(6-4-12)24(36)37)20-22(32-17)18-2-1-9-34(18)23(20)35/h3-8,11,35H,1-2,9-10H2,(H,33,38)(H,36,37). The lowest BCUT2D eigenvalue weighted by atomic mass is 9.95. The minimum Gasteiger partial charge on any atom is -0.494 e. The molecule has 1 aliphatic heterocycles. The third kappa shape index (κ3) is 4.31. The van der Waals surface area contributed by atoms with E-state index < -0.39 is 41.8 Å². The van der Waals surface area contributed by atoms with Gasteiger partial charge in [-0.2, -0.15) is 13.2 Å². The minimum absolute atomic E-state index is 0.0403. The summed E-state index contributed by atoms with van der Waals surface area (Å²) in [6.07, 6.45) is -4.53. The summed E-state index contributed by atoms with van der Waals surface area (Å²) in [6, 6.07) is 7.82. The molecule has 0 fully saturated rings. The van der Waals surface area contributed by atoms with Crippen LogP contribution in [0, 0.1) is 11.6 Å². The second kappa shape index (κ2) is 9.12. The number of carboxylic acids is 1. The summed E-state index contributed by atoms with van der Waals surface area (Å²) in [6.45, 7) is 0.418. The maximum atomic E-state index is 14.6. The van der Waals surface area contributed by atoms with Crippen molar-refractivity contribution in [1.29, 1.82) is 0 Å². The summed E-state index contributed by atoms with van der Waals surface area (Å²) in [5, 5.41) is 22.2. The monoisotopic (exact) mass is 531 g/mol. The van der Waals surface area contributed by atoms with E-state index in [1.54, 1.807) is 4.57 Å². The molecule has 4 aromatic rings. The number of halogens is 5. The lowest BCUT2D eigenvalue weighted by Gasteiger charge is -2.19. The Kier molecular flexibility index (Phi) is 6.04. The average molecular weight is 531 g/mol. The Bertz CT molecular complexity index is 1610. The second-order valence-corrected chi connectivity index (χ2v) is 8.80. The molecule has 0 atom stereocenters. The van der Waals surface area contributed by atoms with Crippen LogP contribution in [-0.4, -0.2) is 37.8 Å². The zero-order valence-electron chi connectivity index (χ0n) is 19.4. The molecule has 196 valence electrons. The number of aromatic nitrogens is 2. The molecule has 0 saturated carbocycles. The van der Waals surface area contributed by atoms with E-state index in [0.29, 0.717) is 31.1 Å². The Morgan fingerprint density at radius 1 is 1.08 bits per heavy atom. The summed E-state index contributed by atoms with van der Waals surface area (Å²) < 4.78 is 69.7. The van der Waals surface area contributed by atoms with Crippen molar-refractivity contribution in [2.45, 2.75) is 32.0 Å². The molecular formula is C26H18F5N3O4. The van der Waals surface area contributed by atoms with Gasteiger partial charge in [0.2, 0.25) is 5.88 Å². The average Bonchev–Trinajstić information content (AvgIpc) is 3.43. The van der Waals surface area contributed by atoms with Crippen LogP contribution in [0.5, 0.6) is 5.88 Å². The number of hydrogen-bond donors (Lipinski definition) is 3. The minimum atomic E-state index is -5.29. The number of amides is 1. The lowest BCUT2D eigenvalue weighted by Crippen LogP contribution is -2.30. The topological polar surface area (TPSA) is 104 Å². The van der Waals surface area contributed by atoms with E-state index in [2.05, 4.69) is 4.98 Å². The van der Waals surface area contributed by atoms with Gasteiger partial charge in [0.05, 0.1) is 27.8 Å². The maximum Gasteiger partial charge on any atom is 0.471 e. The highest BCUT2D eigenvalue weighted by Crippen LogP contribution is 2.46. The summed E-state index contributed by atoms with van der Waals surface area (Å²) >= 11 is 0. The molecule has 7 nitrogen and oxygen atoms in total. The van der Waals surface area contributed by atoms with Crippen LogP contribution >= 0.6 is 0 Å². The van der Waals surface area contributed by atoms with Crippen LogP contribution in [0.2, 0.25) is 0 Å². The largest absolute Gasteiger partial charge is 0.494 e. The van der Waals surface area contributed by atoms with Crippen LogP contribution in [0.15, 0.2) is 42.5 Å². The molecule has 5 rings (SSSR count). The van der Waals surface area contributed by atoms with Crippen molar-refractivity contribution in [2.24, 2.45) is 0 Å². The number of benzene rings is 2. The van der Waals surface area contributed by atoms with E-state index in [0.717, 1.165) is 12.1 Å². The van der Waals surface area contributed by atoms with Crippen LogP contribution in [0.3, 0.4) is 0 Å². The molecule has 0 radical (unpaired) electrons. The molecule has 0 spiro atoms. The predicted molar refractivity (Wildman–Crippen MR) is 126 cm³/mol. The molecule has 3 N–H and O–H groups in total. The van der Waals surface area contributed by atoms with Crippen molar-refractivity contribution < 1.29 is 41.8 Å². The number of pyridine rings is 1. The first-order chi connectivity index (χ1) is 18.0. The zero-order chi connectivity index (χ0) is 27.4. The third-order valence-electron chi connectivity index (χ3n) is 6.44. The van der Waals surface area contributed by atoms with Crippen LogP contribution in [0.25, 0.3) is 22.0 Å². The molecular weight excluding hydrogens is 513 g/mol. The van der Waals surface area contributed by atoms with Crippen molar-refractivity contribution in [3.8, 4) is 17.0 Å². The Balaban J connectivity index is 1.83. The van der Waals surface area contributed by atoms with Crippen molar-refractivity contribution in [3.63, 3.8) is 0 Å². The molecule has 2 aromatic heterocycles. The number of aromatic carboxylic acids is 1. The van der Waals surface area contributed by atoms with Gasteiger partial charge in [0.1, 0.15) is 11.6 Å². The SMILES string of the molecule is O=C(O)c1ccc(-c2c(NC(=O)C(F)(F)F)c(Cc3ccc(F)cc3F)nc3c4n(c(O)c23)CCC4)cc1. The van der Waals surface area contributed by atoms with Crippen LogP contribution in [-0.2, 0) is 24.2 Å². The van der Waals surface area contributed by atoms with Crippen molar-refractivity contribution >= 4 is 28.5 Å². The predicted octanol–water partition coefficient (Wildman–Crippen LogP) is 5.42. The Labute approximate surface area is 211 Å². The molecule has 0 saturated heterocycles. The quantitative estimate of drug-likeness (QED) is 0.298. The van der Waals surface area contributed by atoms with E-state index >= 15 is 0 Å². The van der Waals surface area contributed by atoms with Crippen LogP contribution < -0.4 is 5.32 Å². The van der Waals surface area contributed by atoms with Crippen LogP contribution in [0.4, 0.5) is 27.6 Å². The number of nitrogens with one attached hydrogen (secondary N) is 1. The van der Waals surface area contributed by atoms with E-state index in [1.165, 1.54) is 24.3 Å². The fraction of sp³-hybridized carbons (Fsp3) is 0.192. The molecule has 12 heteroatoms. The van der Waals surface area contributed by atoms with Gasteiger partial charge in [-0.05, 0) is 42.2 Å². The number of fused-ring (bicyclic) bond motifs is 3. The van der Waals surface area contributed by atoms with Gasteiger partial charge in [-0.15, -0.1) is 0 Å². The summed E-state index contributed by atoms with van der Waals surface area (Å²) in [7, 11) is 0. The number of carboxylic acid groups (broad SMARTS) is 1. The molecule has 0 bridgehead atoms. The number of hydrogen-bond acceptors (Lipinski definition) is 4. The second-order valence-electron chi connectivity index (χ2n) is 8.80. The highest BCUT2D eigenvalue weighted by molar-refractivity contribution is 6.10. The molecule has 2 aromatic carbocycles. The third-order valence-corrected chi connectivity index (χ3v) is 6.44. The fourth-order valence-electron chi connectivity index (χ4n) is 4.71. The number of aryl methyl sites for hydroxylation is 1. The summed E-state index contributed by atoms with van der Waals surface area (Å²) in [5.74, 6) is -5.65. The number of rotatable bonds is 5. The smallest absolute Gasteiger partial charge is 0.471 e. The van der Waals surface area contributed by atoms with Gasteiger partial charge >= 0.3 is 18.1 Å². The summed E-state index contributed by atoms with van der Waals surface area (Å²) in [4.78, 5) is 27.9. The molecule has 0 aliphatic carbocycles. The maximum absolute atomic E-state index is 14.6. The van der Waals surface area contributed by atoms with E-state index in [-0.39, 0.29) is 44.7 Å². The molecule has 38 heavy (non-hydrogen) atoms. The van der Waals surface area contributed by atoms with Gasteiger partial charge in [-0.1, -0.05) is 18.2 Å². The van der Waals surface area contributed by atoms with Crippen molar-refractivity contribution in [1.82, 2.24) is 9.55 Å². The first-order valence-electron chi connectivity index (χ1n) is 11.4.